The molecule has 0 bridgehead atoms. The van der Waals surface area contributed by atoms with E-state index in [1.54, 1.807) is 41.8 Å². The van der Waals surface area contributed by atoms with Crippen LogP contribution in [0.15, 0.2) is 60.0 Å². The van der Waals surface area contributed by atoms with Gasteiger partial charge >= 0.3 is 5.97 Å². The first kappa shape index (κ1) is 18.6. The zero-order valence-corrected chi connectivity index (χ0v) is 16.1. The highest BCUT2D eigenvalue weighted by molar-refractivity contribution is 7.23. The van der Waals surface area contributed by atoms with Crippen LogP contribution in [-0.4, -0.2) is 32.4 Å². The molecule has 3 N–H and O–H groups in total. The maximum atomic E-state index is 10.9. The number of hydrogen-bond acceptors (Lipinski definition) is 7. The maximum absolute atomic E-state index is 10.9. The lowest BCUT2D eigenvalue weighted by atomic mass is 10.1. The van der Waals surface area contributed by atoms with Crippen molar-refractivity contribution in [2.45, 2.75) is 6.92 Å². The molecule has 0 saturated carbocycles. The number of phenols is 1. The normalized spacial score (nSPS) is 11.2. The van der Waals surface area contributed by atoms with Crippen molar-refractivity contribution in [2.24, 2.45) is 5.10 Å². The Kier molecular flexibility index (Phi) is 4.92. The summed E-state index contributed by atoms with van der Waals surface area (Å²) < 4.78 is 0.881. The van der Waals surface area contributed by atoms with Crippen LogP contribution in [0.5, 0.6) is 5.75 Å². The van der Waals surface area contributed by atoms with Gasteiger partial charge in [0.25, 0.3) is 0 Å². The number of carboxylic acid groups (broad SMARTS) is 1. The van der Waals surface area contributed by atoms with Gasteiger partial charge in [0.15, 0.2) is 5.82 Å². The summed E-state index contributed by atoms with van der Waals surface area (Å²) in [5, 5.41) is 22.7. The van der Waals surface area contributed by atoms with E-state index in [1.807, 2.05) is 19.1 Å². The highest BCUT2D eigenvalue weighted by Gasteiger charge is 2.15. The molecule has 4 rings (SSSR count). The Bertz CT molecular complexity index is 1220. The molecule has 0 unspecified atom stereocenters. The average Bonchev–Trinajstić information content (AvgIpc) is 3.06. The van der Waals surface area contributed by atoms with Gasteiger partial charge in [0, 0.05) is 4.88 Å². The number of rotatable bonds is 5. The molecule has 0 spiro atoms. The zero-order chi connectivity index (χ0) is 20.4. The van der Waals surface area contributed by atoms with Gasteiger partial charge in [-0.1, -0.05) is 12.1 Å². The number of fused-ring (bicyclic) bond motifs is 1. The van der Waals surface area contributed by atoms with E-state index >= 15 is 0 Å². The fraction of sp³-hybridized carbons (Fsp3) is 0.0476. The van der Waals surface area contributed by atoms with Crippen LogP contribution < -0.4 is 5.43 Å². The quantitative estimate of drug-likeness (QED) is 0.333. The van der Waals surface area contributed by atoms with Crippen molar-refractivity contribution in [3.63, 3.8) is 0 Å². The molecule has 0 radical (unpaired) electrons. The highest BCUT2D eigenvalue weighted by atomic mass is 32.1. The van der Waals surface area contributed by atoms with Gasteiger partial charge in [-0.3, -0.25) is 5.43 Å². The summed E-state index contributed by atoms with van der Waals surface area (Å²) in [6.07, 6.45) is 3.09. The number of carbonyl (C=O) groups is 1. The van der Waals surface area contributed by atoms with E-state index in [2.05, 4.69) is 20.5 Å². The van der Waals surface area contributed by atoms with Gasteiger partial charge in [0.2, 0.25) is 0 Å². The van der Waals surface area contributed by atoms with Crippen molar-refractivity contribution in [3.8, 4) is 16.2 Å². The van der Waals surface area contributed by atoms with Crippen LogP contribution in [0.4, 0.5) is 5.82 Å². The molecule has 2 aromatic carbocycles. The van der Waals surface area contributed by atoms with E-state index in [4.69, 9.17) is 5.11 Å². The van der Waals surface area contributed by atoms with E-state index in [9.17, 15) is 9.90 Å². The first-order valence-electron chi connectivity index (χ1n) is 8.69. The first-order valence-corrected chi connectivity index (χ1v) is 9.50. The molecule has 144 valence electrons. The number of aromatic nitrogens is 2. The van der Waals surface area contributed by atoms with Gasteiger partial charge in [-0.2, -0.15) is 5.10 Å². The van der Waals surface area contributed by atoms with Crippen molar-refractivity contribution in [1.82, 2.24) is 9.97 Å². The third-order valence-electron chi connectivity index (χ3n) is 4.37. The third-order valence-corrected chi connectivity index (χ3v) is 5.71. The van der Waals surface area contributed by atoms with Crippen molar-refractivity contribution in [2.75, 3.05) is 5.43 Å². The van der Waals surface area contributed by atoms with Crippen LogP contribution in [0.1, 0.15) is 21.5 Å². The second-order valence-electron chi connectivity index (χ2n) is 6.30. The number of hydrogen-bond donors (Lipinski definition) is 3. The highest BCUT2D eigenvalue weighted by Crippen LogP contribution is 2.39. The molecule has 0 amide bonds. The molecule has 4 aromatic rings. The molecule has 0 fully saturated rings. The lowest BCUT2D eigenvalue weighted by molar-refractivity contribution is 0.0697. The van der Waals surface area contributed by atoms with Crippen LogP contribution in [-0.2, 0) is 0 Å². The molecule has 0 aliphatic heterocycles. The molecular weight excluding hydrogens is 388 g/mol. The number of aryl methyl sites for hydroxylation is 1. The van der Waals surface area contributed by atoms with Crippen LogP contribution >= 0.6 is 11.3 Å². The smallest absolute Gasteiger partial charge is 0.335 e. The summed E-state index contributed by atoms with van der Waals surface area (Å²) in [6.45, 7) is 2.01. The number of benzene rings is 2. The Morgan fingerprint density at radius 3 is 2.52 bits per heavy atom. The predicted octanol–water partition coefficient (Wildman–Crippen LogP) is 4.52. The lowest BCUT2D eigenvalue weighted by Crippen LogP contribution is -1.97. The van der Waals surface area contributed by atoms with E-state index < -0.39 is 5.97 Å². The number of aromatic hydroxyl groups is 1. The standard InChI is InChI=1S/C21H16N4O3S/c1-12-17-19(29-18(12)14-6-8-16(26)9-7-14)20(23-11-22-17)25-24-10-13-2-4-15(5-3-13)21(27)28/h2-11,26H,1H3,(H,27,28)(H,22,23,25)/b24-10+. The van der Waals surface area contributed by atoms with Crippen LogP contribution in [0, 0.1) is 6.92 Å². The predicted molar refractivity (Wildman–Crippen MR) is 114 cm³/mol. The molecule has 7 nitrogen and oxygen atoms in total. The number of nitrogens with zero attached hydrogens (tertiary/aromatic N) is 3. The van der Waals surface area contributed by atoms with Crippen LogP contribution in [0.2, 0.25) is 0 Å². The summed E-state index contributed by atoms with van der Waals surface area (Å²) in [5.74, 6) is -0.153. The minimum Gasteiger partial charge on any atom is -0.508 e. The number of thiophene rings is 1. The van der Waals surface area contributed by atoms with E-state index in [1.165, 1.54) is 18.5 Å². The Morgan fingerprint density at radius 1 is 1.10 bits per heavy atom. The van der Waals surface area contributed by atoms with Gasteiger partial charge in [0.1, 0.15) is 12.1 Å². The summed E-state index contributed by atoms with van der Waals surface area (Å²) in [5.41, 5.74) is 6.81. The molecule has 2 heterocycles. The number of carboxylic acids is 1. The monoisotopic (exact) mass is 404 g/mol. The molecule has 0 atom stereocenters. The third kappa shape index (κ3) is 3.78. The van der Waals surface area contributed by atoms with E-state index in [0.717, 1.165) is 31.8 Å². The molecule has 29 heavy (non-hydrogen) atoms. The lowest BCUT2D eigenvalue weighted by Gasteiger charge is -2.00. The Morgan fingerprint density at radius 2 is 1.83 bits per heavy atom. The fourth-order valence-corrected chi connectivity index (χ4v) is 4.08. The molecule has 2 aromatic heterocycles. The molecular formula is C21H16N4O3S. The van der Waals surface area contributed by atoms with Crippen LogP contribution in [0.25, 0.3) is 20.7 Å². The molecule has 0 aliphatic carbocycles. The van der Waals surface area contributed by atoms with Gasteiger partial charge in [-0.05, 0) is 60.0 Å². The second-order valence-corrected chi connectivity index (χ2v) is 7.32. The van der Waals surface area contributed by atoms with Gasteiger partial charge in [-0.25, -0.2) is 14.8 Å². The number of hydrazone groups is 1. The van der Waals surface area contributed by atoms with Gasteiger partial charge < -0.3 is 10.2 Å². The van der Waals surface area contributed by atoms with Crippen molar-refractivity contribution in [3.05, 3.63) is 71.5 Å². The number of aromatic carboxylic acids is 1. The zero-order valence-electron chi connectivity index (χ0n) is 15.3. The SMILES string of the molecule is Cc1c(-c2ccc(O)cc2)sc2c(N/N=C/c3ccc(C(=O)O)cc3)ncnc12. The van der Waals surface area contributed by atoms with Gasteiger partial charge in [-0.15, -0.1) is 11.3 Å². The maximum Gasteiger partial charge on any atom is 0.335 e. The Hall–Kier alpha value is -3.78. The summed E-state index contributed by atoms with van der Waals surface area (Å²) >= 11 is 1.55. The summed E-state index contributed by atoms with van der Waals surface area (Å²) in [6, 6.07) is 13.5. The summed E-state index contributed by atoms with van der Waals surface area (Å²) in [7, 11) is 0. The number of phenolic OH excluding ortho intramolecular Hbond substituents is 1. The topological polar surface area (TPSA) is 108 Å². The minimum absolute atomic E-state index is 0.223. The molecule has 0 aliphatic rings. The summed E-state index contributed by atoms with van der Waals surface area (Å²) in [4.78, 5) is 20.7. The Balaban J connectivity index is 1.61. The average molecular weight is 404 g/mol. The number of nitrogens with one attached hydrogen (secondary N) is 1. The number of anilines is 1. The molecule has 0 saturated heterocycles. The van der Waals surface area contributed by atoms with Crippen molar-refractivity contribution >= 4 is 39.6 Å². The fourth-order valence-electron chi connectivity index (χ4n) is 2.87. The van der Waals surface area contributed by atoms with Crippen molar-refractivity contribution < 1.29 is 15.0 Å². The van der Waals surface area contributed by atoms with Crippen molar-refractivity contribution in [1.29, 1.82) is 0 Å². The van der Waals surface area contributed by atoms with Gasteiger partial charge in [0.05, 0.1) is 22.0 Å². The Labute approximate surface area is 170 Å². The largest absolute Gasteiger partial charge is 0.508 e. The minimum atomic E-state index is -0.965. The van der Waals surface area contributed by atoms with Crippen LogP contribution in [0.3, 0.4) is 0 Å². The first-order chi connectivity index (χ1) is 14.0. The second kappa shape index (κ2) is 7.69. The van der Waals surface area contributed by atoms with E-state index in [-0.39, 0.29) is 11.3 Å². The molecule has 8 heteroatoms. The van der Waals surface area contributed by atoms with E-state index in [0.29, 0.717) is 5.82 Å².